The maximum absolute atomic E-state index is 4.00. The van der Waals surface area contributed by atoms with Gasteiger partial charge in [0.2, 0.25) is 5.13 Å². The van der Waals surface area contributed by atoms with Crippen molar-refractivity contribution in [1.82, 2.24) is 10.2 Å². The quantitative estimate of drug-likeness (QED) is 0.719. The molecule has 1 aromatic rings. The molecule has 0 spiro atoms. The fourth-order valence-electron chi connectivity index (χ4n) is 1.29. The van der Waals surface area contributed by atoms with Gasteiger partial charge in [0, 0.05) is 12.1 Å². The van der Waals surface area contributed by atoms with Crippen LogP contribution in [0.4, 0.5) is 5.13 Å². The minimum Gasteiger partial charge on any atom is -0.342 e. The molecule has 0 bridgehead atoms. The summed E-state index contributed by atoms with van der Waals surface area (Å²) >= 11 is 1.47. The highest BCUT2D eigenvalue weighted by atomic mass is 32.1. The van der Waals surface area contributed by atoms with Gasteiger partial charge in [-0.05, 0) is 27.7 Å². The van der Waals surface area contributed by atoms with Gasteiger partial charge < -0.3 is 4.90 Å². The molecule has 0 saturated carbocycles. The first kappa shape index (κ1) is 9.45. The summed E-state index contributed by atoms with van der Waals surface area (Å²) in [5.74, 6) is 0. The Morgan fingerprint density at radius 1 is 1.25 bits per heavy atom. The second-order valence-corrected chi connectivity index (χ2v) is 4.02. The van der Waals surface area contributed by atoms with Gasteiger partial charge in [-0.1, -0.05) is 11.3 Å². The molecule has 67 valence electrons. The first-order chi connectivity index (χ1) is 5.63. The van der Waals surface area contributed by atoms with Gasteiger partial charge in [-0.15, -0.1) is 10.2 Å². The summed E-state index contributed by atoms with van der Waals surface area (Å²) in [5, 5.41) is 8.67. The molecule has 0 N–H and O–H groups in total. The van der Waals surface area contributed by atoms with Crippen LogP contribution in [0.25, 0.3) is 0 Å². The van der Waals surface area contributed by atoms with Crippen molar-refractivity contribution in [2.75, 3.05) is 4.90 Å². The Morgan fingerprint density at radius 2 is 1.83 bits per heavy atom. The number of anilines is 1. The van der Waals surface area contributed by atoms with E-state index in [1.165, 1.54) is 11.3 Å². The minimum atomic E-state index is 0.464. The zero-order valence-electron chi connectivity index (χ0n) is 7.90. The van der Waals surface area contributed by atoms with E-state index in [0.29, 0.717) is 12.1 Å². The summed E-state index contributed by atoms with van der Waals surface area (Å²) < 4.78 is 0. The molecule has 0 aromatic carbocycles. The van der Waals surface area contributed by atoms with Crippen LogP contribution in [0.15, 0.2) is 0 Å². The largest absolute Gasteiger partial charge is 0.342 e. The predicted molar refractivity (Wildman–Crippen MR) is 51.5 cm³/mol. The van der Waals surface area contributed by atoms with Crippen LogP contribution in [-0.2, 0) is 0 Å². The van der Waals surface area contributed by atoms with Crippen LogP contribution in [0.2, 0.25) is 0 Å². The van der Waals surface area contributed by atoms with E-state index >= 15 is 0 Å². The standard InChI is InChI=1S/C8H14N3S/c1-6(2)11(7(3)4)8-10-9-5-12-8/h6-7H,1-4H3. The molecule has 0 aliphatic carbocycles. The highest BCUT2D eigenvalue weighted by Gasteiger charge is 2.16. The molecule has 0 atom stereocenters. The average Bonchev–Trinajstić information content (AvgIpc) is 2.37. The van der Waals surface area contributed by atoms with Crippen molar-refractivity contribution in [1.29, 1.82) is 0 Å². The van der Waals surface area contributed by atoms with E-state index in [2.05, 4.69) is 48.3 Å². The van der Waals surface area contributed by atoms with Gasteiger partial charge in [0.25, 0.3) is 0 Å². The molecule has 1 radical (unpaired) electrons. The smallest absolute Gasteiger partial charge is 0.209 e. The van der Waals surface area contributed by atoms with Crippen LogP contribution in [0.5, 0.6) is 0 Å². The fourth-order valence-corrected chi connectivity index (χ4v) is 2.06. The van der Waals surface area contributed by atoms with E-state index in [4.69, 9.17) is 0 Å². The first-order valence-electron chi connectivity index (χ1n) is 4.10. The average molecular weight is 184 g/mol. The maximum atomic E-state index is 4.00. The lowest BCUT2D eigenvalue weighted by molar-refractivity contribution is 0.603. The van der Waals surface area contributed by atoms with Crippen LogP contribution >= 0.6 is 11.3 Å². The first-order valence-corrected chi connectivity index (χ1v) is 4.92. The van der Waals surface area contributed by atoms with E-state index in [-0.39, 0.29) is 0 Å². The van der Waals surface area contributed by atoms with E-state index in [1.807, 2.05) is 0 Å². The molecule has 1 heterocycles. The molecule has 0 fully saturated rings. The Balaban J connectivity index is 2.81. The number of hydrogen-bond acceptors (Lipinski definition) is 4. The normalized spacial score (nSPS) is 11.2. The minimum absolute atomic E-state index is 0.464. The van der Waals surface area contributed by atoms with Gasteiger partial charge >= 0.3 is 0 Å². The lowest BCUT2D eigenvalue weighted by Crippen LogP contribution is -2.36. The number of hydrogen-bond donors (Lipinski definition) is 0. The fraction of sp³-hybridized carbons (Fsp3) is 0.750. The lowest BCUT2D eigenvalue weighted by Gasteiger charge is -2.29. The van der Waals surface area contributed by atoms with E-state index in [1.54, 1.807) is 0 Å². The molecule has 0 unspecified atom stereocenters. The predicted octanol–water partition coefficient (Wildman–Crippen LogP) is 1.96. The van der Waals surface area contributed by atoms with Gasteiger partial charge in [0.05, 0.1) is 0 Å². The lowest BCUT2D eigenvalue weighted by atomic mass is 10.2. The monoisotopic (exact) mass is 184 g/mol. The van der Waals surface area contributed by atoms with Crippen molar-refractivity contribution in [2.24, 2.45) is 0 Å². The number of nitrogens with zero attached hydrogens (tertiary/aromatic N) is 3. The molecule has 1 aromatic heterocycles. The number of rotatable bonds is 3. The van der Waals surface area contributed by atoms with Crippen LogP contribution < -0.4 is 4.90 Å². The zero-order chi connectivity index (χ0) is 9.14. The Kier molecular flexibility index (Phi) is 3.03. The van der Waals surface area contributed by atoms with Crippen molar-refractivity contribution in [3.05, 3.63) is 5.51 Å². The third-order valence-corrected chi connectivity index (χ3v) is 2.29. The summed E-state index contributed by atoms with van der Waals surface area (Å²) in [5.41, 5.74) is 2.76. The molecule has 3 nitrogen and oxygen atoms in total. The summed E-state index contributed by atoms with van der Waals surface area (Å²) in [4.78, 5) is 2.23. The van der Waals surface area contributed by atoms with Gasteiger partial charge in [0.15, 0.2) is 5.51 Å². The van der Waals surface area contributed by atoms with Gasteiger partial charge in [-0.25, -0.2) is 0 Å². The van der Waals surface area contributed by atoms with Crippen molar-refractivity contribution < 1.29 is 0 Å². The third kappa shape index (κ3) is 1.94. The SMILES string of the molecule is CC(C)N(c1nn[c]s1)C(C)C. The van der Waals surface area contributed by atoms with Crippen molar-refractivity contribution >= 4 is 16.5 Å². The Bertz CT molecular complexity index is 210. The van der Waals surface area contributed by atoms with Gasteiger partial charge in [-0.3, -0.25) is 0 Å². The highest BCUT2D eigenvalue weighted by molar-refractivity contribution is 7.12. The molecule has 0 amide bonds. The Hall–Kier alpha value is -0.640. The van der Waals surface area contributed by atoms with Gasteiger partial charge in [-0.2, -0.15) is 0 Å². The topological polar surface area (TPSA) is 29.0 Å². The van der Waals surface area contributed by atoms with Crippen molar-refractivity contribution in [3.63, 3.8) is 0 Å². The maximum Gasteiger partial charge on any atom is 0.209 e. The molecule has 1 rings (SSSR count). The van der Waals surface area contributed by atoms with E-state index in [9.17, 15) is 0 Å². The van der Waals surface area contributed by atoms with Crippen LogP contribution in [0.1, 0.15) is 27.7 Å². The molecular weight excluding hydrogens is 170 g/mol. The molecule has 0 saturated heterocycles. The van der Waals surface area contributed by atoms with Gasteiger partial charge in [0.1, 0.15) is 0 Å². The van der Waals surface area contributed by atoms with Crippen molar-refractivity contribution in [3.8, 4) is 0 Å². The van der Waals surface area contributed by atoms with E-state index in [0.717, 1.165) is 5.13 Å². The van der Waals surface area contributed by atoms with Crippen molar-refractivity contribution in [2.45, 2.75) is 39.8 Å². The molecule has 4 heteroatoms. The molecular formula is C8H14N3S. The Morgan fingerprint density at radius 3 is 2.17 bits per heavy atom. The summed E-state index contributed by atoms with van der Waals surface area (Å²) in [6.45, 7) is 8.62. The highest BCUT2D eigenvalue weighted by Crippen LogP contribution is 2.20. The Labute approximate surface area is 77.4 Å². The second-order valence-electron chi connectivity index (χ2n) is 3.27. The summed E-state index contributed by atoms with van der Waals surface area (Å²) in [6, 6.07) is 0.928. The number of aromatic nitrogens is 2. The van der Waals surface area contributed by atoms with Crippen LogP contribution in [-0.4, -0.2) is 22.3 Å². The molecule has 12 heavy (non-hydrogen) atoms. The molecule has 0 aliphatic heterocycles. The second kappa shape index (κ2) is 3.85. The molecule has 0 aliphatic rings. The zero-order valence-corrected chi connectivity index (χ0v) is 8.72. The van der Waals surface area contributed by atoms with Crippen LogP contribution in [0, 0.1) is 5.51 Å². The third-order valence-electron chi connectivity index (χ3n) is 1.65. The van der Waals surface area contributed by atoms with Crippen LogP contribution in [0.3, 0.4) is 0 Å². The van der Waals surface area contributed by atoms with E-state index < -0.39 is 0 Å². The summed E-state index contributed by atoms with van der Waals surface area (Å²) in [7, 11) is 0. The summed E-state index contributed by atoms with van der Waals surface area (Å²) in [6.07, 6.45) is 0.